The molecule has 12 aromatic carbocycles. The molecule has 1 atom stereocenters. The number of para-hydroxylation sites is 5. The van der Waals surface area contributed by atoms with Gasteiger partial charge in [0.2, 0.25) is 0 Å². The highest BCUT2D eigenvalue weighted by Crippen LogP contribution is 2.61. The van der Waals surface area contributed by atoms with E-state index >= 15 is 0 Å². The molecule has 0 saturated carbocycles. The lowest BCUT2D eigenvalue weighted by Crippen LogP contribution is -2.33. The van der Waals surface area contributed by atoms with E-state index in [1.54, 1.807) is 0 Å². The Morgan fingerprint density at radius 3 is 1.65 bits per heavy atom. The van der Waals surface area contributed by atoms with Crippen molar-refractivity contribution in [1.82, 2.24) is 4.57 Å². The van der Waals surface area contributed by atoms with Gasteiger partial charge in [-0.05, 0) is 137 Å². The molecule has 1 aliphatic heterocycles. The van der Waals surface area contributed by atoms with Crippen LogP contribution in [0.5, 0.6) is 0 Å². The van der Waals surface area contributed by atoms with Gasteiger partial charge in [-0.2, -0.15) is 0 Å². The van der Waals surface area contributed by atoms with Gasteiger partial charge < -0.3 is 9.47 Å². The van der Waals surface area contributed by atoms with Crippen molar-refractivity contribution in [3.05, 3.63) is 277 Å². The topological polar surface area (TPSA) is 8.17 Å². The normalized spacial score (nSPS) is 14.4. The molecule has 1 spiro atoms. The second-order valence-corrected chi connectivity index (χ2v) is 18.7. The van der Waals surface area contributed by atoms with E-state index in [-0.39, 0.29) is 0 Å². The SMILES string of the molecule is c1ccc(N(c2cccc(-c3ccc4c5ccccc5c5ccccc5c4c3)c2)c2ccccc2-c2ccc3c(c2)-c2ccccc2C32c3ccccc3-n3c4ccccc4c4cccc2c43)cc1. The molecule has 0 amide bonds. The lowest BCUT2D eigenvalue weighted by Gasteiger charge is -2.39. The predicted molar refractivity (Wildman–Crippen MR) is 290 cm³/mol. The van der Waals surface area contributed by atoms with E-state index in [0.29, 0.717) is 0 Å². The van der Waals surface area contributed by atoms with Gasteiger partial charge in [-0.25, -0.2) is 0 Å². The summed E-state index contributed by atoms with van der Waals surface area (Å²) < 4.78 is 2.52. The molecule has 1 unspecified atom stereocenters. The molecular weight excluding hydrogens is 833 g/mol. The summed E-state index contributed by atoms with van der Waals surface area (Å²) in [6, 6.07) is 94.9. The number of benzene rings is 12. The Morgan fingerprint density at radius 2 is 0.841 bits per heavy atom. The van der Waals surface area contributed by atoms with Crippen LogP contribution in [0.15, 0.2) is 255 Å². The minimum atomic E-state index is -0.497. The van der Waals surface area contributed by atoms with Crippen LogP contribution in [-0.2, 0) is 5.41 Å². The fourth-order valence-electron chi connectivity index (χ4n) is 12.6. The van der Waals surface area contributed by atoms with Gasteiger partial charge in [0.15, 0.2) is 0 Å². The molecule has 2 aliphatic rings. The molecule has 15 rings (SSSR count). The number of fused-ring (bicyclic) bond motifs is 18. The van der Waals surface area contributed by atoms with Crippen molar-refractivity contribution in [1.29, 1.82) is 0 Å². The van der Waals surface area contributed by atoms with Gasteiger partial charge in [0.25, 0.3) is 0 Å². The molecule has 0 saturated heterocycles. The van der Waals surface area contributed by atoms with Crippen molar-refractivity contribution in [2.45, 2.75) is 5.41 Å². The van der Waals surface area contributed by atoms with E-state index in [2.05, 4.69) is 264 Å². The second-order valence-electron chi connectivity index (χ2n) is 18.7. The van der Waals surface area contributed by atoms with E-state index in [4.69, 9.17) is 0 Å². The maximum Gasteiger partial charge on any atom is 0.0754 e. The monoisotopic (exact) mass is 874 g/mol. The lowest BCUT2D eigenvalue weighted by molar-refractivity contribution is 0.748. The fraction of sp³-hybridized carbons (Fsp3) is 0.0149. The summed E-state index contributed by atoms with van der Waals surface area (Å²) in [4.78, 5) is 2.43. The fourth-order valence-corrected chi connectivity index (χ4v) is 12.6. The largest absolute Gasteiger partial charge is 0.310 e. The van der Waals surface area contributed by atoms with Crippen molar-refractivity contribution in [3.8, 4) is 39.1 Å². The van der Waals surface area contributed by atoms with Crippen LogP contribution in [0.1, 0.15) is 22.3 Å². The van der Waals surface area contributed by atoms with E-state index in [0.717, 1.165) is 17.1 Å². The average Bonchev–Trinajstić information content (AvgIpc) is 3.92. The minimum absolute atomic E-state index is 0.497. The van der Waals surface area contributed by atoms with Crippen molar-refractivity contribution >= 4 is 71.2 Å². The van der Waals surface area contributed by atoms with Crippen molar-refractivity contribution in [2.75, 3.05) is 4.90 Å². The summed E-state index contributed by atoms with van der Waals surface area (Å²) in [7, 11) is 0. The van der Waals surface area contributed by atoms with Crippen LogP contribution in [-0.4, -0.2) is 4.57 Å². The standard InChI is InChI=1S/C67H42N2/c1-2-19-46(20-3-1)68(47-21-16-18-43(40-47)44-36-38-53-51-25-5-4-23-49(51)50-24-6-7-26-52(50)57(53)41-44)63-33-13-9-22-48(63)45-37-39-60-58(42-45)54-27-8-11-30-59(54)67(60)61-31-12-15-35-65(61)69-64-34-14-10-28-55(64)56-29-17-32-62(67)66(56)69/h1-42H. The highest BCUT2D eigenvalue weighted by atomic mass is 15.1. The van der Waals surface area contributed by atoms with Gasteiger partial charge in [0.05, 0.1) is 27.8 Å². The first-order valence-corrected chi connectivity index (χ1v) is 24.0. The minimum Gasteiger partial charge on any atom is -0.310 e. The quantitative estimate of drug-likeness (QED) is 0.156. The van der Waals surface area contributed by atoms with Crippen LogP contribution >= 0.6 is 0 Å². The molecule has 2 heterocycles. The summed E-state index contributed by atoms with van der Waals surface area (Å²) in [5.41, 5.74) is 19.2. The number of anilines is 3. The maximum atomic E-state index is 2.52. The van der Waals surface area contributed by atoms with E-state index in [1.165, 1.54) is 115 Å². The number of aromatic nitrogens is 1. The van der Waals surface area contributed by atoms with Gasteiger partial charge in [0.1, 0.15) is 0 Å². The average molecular weight is 875 g/mol. The Hall–Kier alpha value is -8.98. The van der Waals surface area contributed by atoms with Crippen molar-refractivity contribution in [2.24, 2.45) is 0 Å². The highest BCUT2D eigenvalue weighted by Gasteiger charge is 2.50. The Labute approximate surface area is 400 Å². The van der Waals surface area contributed by atoms with E-state index in [1.807, 2.05) is 0 Å². The molecular formula is C67H42N2. The Balaban J connectivity index is 0.911. The number of hydrogen-bond donors (Lipinski definition) is 0. The first-order valence-electron chi connectivity index (χ1n) is 24.0. The lowest BCUT2D eigenvalue weighted by atomic mass is 9.65. The van der Waals surface area contributed by atoms with E-state index < -0.39 is 5.41 Å². The molecule has 1 aliphatic carbocycles. The molecule has 13 aromatic rings. The summed E-state index contributed by atoms with van der Waals surface area (Å²) >= 11 is 0. The zero-order chi connectivity index (χ0) is 45.2. The predicted octanol–water partition coefficient (Wildman–Crippen LogP) is 17.7. The number of hydrogen-bond acceptors (Lipinski definition) is 1. The van der Waals surface area contributed by atoms with Gasteiger partial charge >= 0.3 is 0 Å². The maximum absolute atomic E-state index is 2.52. The molecule has 0 fully saturated rings. The van der Waals surface area contributed by atoms with Gasteiger partial charge in [-0.15, -0.1) is 0 Å². The third kappa shape index (κ3) is 5.26. The summed E-state index contributed by atoms with van der Waals surface area (Å²) in [6.07, 6.45) is 0. The molecule has 0 bridgehead atoms. The molecule has 2 heteroatoms. The van der Waals surface area contributed by atoms with Gasteiger partial charge in [0, 0.05) is 27.7 Å². The van der Waals surface area contributed by atoms with Crippen molar-refractivity contribution in [3.63, 3.8) is 0 Å². The molecule has 2 nitrogen and oxygen atoms in total. The zero-order valence-electron chi connectivity index (χ0n) is 37.6. The zero-order valence-corrected chi connectivity index (χ0v) is 37.6. The highest BCUT2D eigenvalue weighted by molar-refractivity contribution is 6.25. The number of nitrogens with zero attached hydrogens (tertiary/aromatic N) is 2. The molecule has 0 N–H and O–H groups in total. The van der Waals surface area contributed by atoms with Crippen LogP contribution in [0.2, 0.25) is 0 Å². The smallest absolute Gasteiger partial charge is 0.0754 e. The third-order valence-corrected chi connectivity index (χ3v) is 15.3. The second kappa shape index (κ2) is 14.5. The molecule has 69 heavy (non-hydrogen) atoms. The van der Waals surface area contributed by atoms with Gasteiger partial charge in [-0.1, -0.05) is 200 Å². The summed E-state index contributed by atoms with van der Waals surface area (Å²) in [5.74, 6) is 0. The third-order valence-electron chi connectivity index (χ3n) is 15.3. The first kappa shape index (κ1) is 38.2. The first-order chi connectivity index (χ1) is 34.3. The Kier molecular flexibility index (Phi) is 8.02. The molecule has 0 radical (unpaired) electrons. The van der Waals surface area contributed by atoms with Gasteiger partial charge in [-0.3, -0.25) is 0 Å². The Morgan fingerprint density at radius 1 is 0.290 bits per heavy atom. The molecule has 320 valence electrons. The van der Waals surface area contributed by atoms with Crippen LogP contribution in [0, 0.1) is 0 Å². The summed E-state index contributed by atoms with van der Waals surface area (Å²) in [5, 5.41) is 10.3. The summed E-state index contributed by atoms with van der Waals surface area (Å²) in [6.45, 7) is 0. The van der Waals surface area contributed by atoms with Crippen LogP contribution in [0.25, 0.3) is 93.2 Å². The molecule has 1 aromatic heterocycles. The Bertz CT molecular complexity index is 4240. The number of rotatable bonds is 5. The van der Waals surface area contributed by atoms with Crippen LogP contribution in [0.3, 0.4) is 0 Å². The van der Waals surface area contributed by atoms with Crippen molar-refractivity contribution < 1.29 is 0 Å². The van der Waals surface area contributed by atoms with E-state index in [9.17, 15) is 0 Å². The van der Waals surface area contributed by atoms with Crippen LogP contribution < -0.4 is 4.90 Å². The van der Waals surface area contributed by atoms with Crippen LogP contribution in [0.4, 0.5) is 17.1 Å².